The molecule has 78 valence electrons. The third-order valence-electron chi connectivity index (χ3n) is 1.59. The van der Waals surface area contributed by atoms with E-state index in [9.17, 15) is 13.2 Å². The van der Waals surface area contributed by atoms with Gasteiger partial charge in [0.2, 0.25) is 0 Å². The molecule has 1 aromatic rings. The summed E-state index contributed by atoms with van der Waals surface area (Å²) in [5.41, 5.74) is 5.69. The molecule has 0 aromatic carbocycles. The maximum absolute atomic E-state index is 11.9. The number of nitrogen functional groups attached to an aromatic ring is 1. The largest absolute Gasteiger partial charge is 0.389 e. The summed E-state index contributed by atoms with van der Waals surface area (Å²) in [6, 6.07) is 3.12. The summed E-state index contributed by atoms with van der Waals surface area (Å²) in [7, 11) is 0. The third kappa shape index (κ3) is 3.53. The standard InChI is InChI=1S/C8H8BrF3N2/c9-5-1-2-7(13)14-6(5)3-4-8(10,11)12/h1-2H,3-4H2,(H2,13,14). The number of nitrogens with two attached hydrogens (primary N) is 1. The van der Waals surface area contributed by atoms with Crippen molar-refractivity contribution in [1.29, 1.82) is 0 Å². The number of aryl methyl sites for hydroxylation is 1. The average Bonchev–Trinajstić information content (AvgIpc) is 2.05. The lowest BCUT2D eigenvalue weighted by Crippen LogP contribution is -2.10. The second kappa shape index (κ2) is 4.16. The molecule has 0 aliphatic heterocycles. The first-order valence-electron chi connectivity index (χ1n) is 3.86. The van der Waals surface area contributed by atoms with Gasteiger partial charge in [-0.3, -0.25) is 0 Å². The van der Waals surface area contributed by atoms with Gasteiger partial charge in [-0.25, -0.2) is 4.98 Å². The average molecular weight is 269 g/mol. The zero-order valence-electron chi connectivity index (χ0n) is 7.11. The Balaban J connectivity index is 2.72. The highest BCUT2D eigenvalue weighted by molar-refractivity contribution is 9.10. The number of nitrogens with zero attached hydrogens (tertiary/aromatic N) is 1. The van der Waals surface area contributed by atoms with E-state index < -0.39 is 12.6 Å². The van der Waals surface area contributed by atoms with E-state index in [1.165, 1.54) is 6.07 Å². The molecule has 1 rings (SSSR count). The fourth-order valence-electron chi connectivity index (χ4n) is 0.937. The van der Waals surface area contributed by atoms with Crippen LogP contribution in [0, 0.1) is 0 Å². The van der Waals surface area contributed by atoms with E-state index in [2.05, 4.69) is 20.9 Å². The predicted octanol–water partition coefficient (Wildman–Crippen LogP) is 2.92. The van der Waals surface area contributed by atoms with Crippen LogP contribution in [0.15, 0.2) is 16.6 Å². The van der Waals surface area contributed by atoms with Crippen molar-refractivity contribution in [2.24, 2.45) is 0 Å². The number of aromatic nitrogens is 1. The normalized spacial score (nSPS) is 11.7. The molecule has 6 heteroatoms. The van der Waals surface area contributed by atoms with Gasteiger partial charge in [0.15, 0.2) is 0 Å². The van der Waals surface area contributed by atoms with Gasteiger partial charge < -0.3 is 5.73 Å². The summed E-state index contributed by atoms with van der Waals surface area (Å²) < 4.78 is 36.2. The van der Waals surface area contributed by atoms with E-state index in [-0.39, 0.29) is 12.2 Å². The van der Waals surface area contributed by atoms with Crippen LogP contribution < -0.4 is 5.73 Å². The Kier molecular flexibility index (Phi) is 3.36. The maximum atomic E-state index is 11.9. The highest BCUT2D eigenvalue weighted by Crippen LogP contribution is 2.24. The van der Waals surface area contributed by atoms with Gasteiger partial charge >= 0.3 is 6.18 Å². The first kappa shape index (κ1) is 11.3. The highest BCUT2D eigenvalue weighted by Gasteiger charge is 2.27. The molecule has 2 nitrogen and oxygen atoms in total. The van der Waals surface area contributed by atoms with Crippen molar-refractivity contribution in [3.63, 3.8) is 0 Å². The Morgan fingerprint density at radius 2 is 2.00 bits per heavy atom. The Labute approximate surface area is 87.4 Å². The first-order chi connectivity index (χ1) is 6.38. The van der Waals surface area contributed by atoms with E-state index >= 15 is 0 Å². The zero-order valence-corrected chi connectivity index (χ0v) is 8.69. The second-order valence-corrected chi connectivity index (χ2v) is 3.63. The lowest BCUT2D eigenvalue weighted by atomic mass is 10.2. The fraction of sp³-hybridized carbons (Fsp3) is 0.375. The van der Waals surface area contributed by atoms with Gasteiger partial charge in [0.25, 0.3) is 0 Å². The number of pyridine rings is 1. The van der Waals surface area contributed by atoms with Crippen LogP contribution in [-0.2, 0) is 6.42 Å². The Morgan fingerprint density at radius 3 is 2.57 bits per heavy atom. The minimum atomic E-state index is -4.16. The molecular formula is C8H8BrF3N2. The van der Waals surface area contributed by atoms with Crippen LogP contribution in [0.2, 0.25) is 0 Å². The number of anilines is 1. The molecule has 0 fully saturated rings. The van der Waals surface area contributed by atoms with Gasteiger partial charge in [0, 0.05) is 10.9 Å². The maximum Gasteiger partial charge on any atom is 0.389 e. The van der Waals surface area contributed by atoms with Crippen molar-refractivity contribution in [3.05, 3.63) is 22.3 Å². The SMILES string of the molecule is Nc1ccc(Br)c(CCC(F)(F)F)n1. The summed E-state index contributed by atoms with van der Waals surface area (Å²) in [4.78, 5) is 3.81. The molecule has 1 aromatic heterocycles. The summed E-state index contributed by atoms with van der Waals surface area (Å²) in [5, 5.41) is 0. The number of rotatable bonds is 2. The number of hydrogen-bond acceptors (Lipinski definition) is 2. The van der Waals surface area contributed by atoms with Gasteiger partial charge in [-0.1, -0.05) is 0 Å². The van der Waals surface area contributed by atoms with Crippen LogP contribution in [0.1, 0.15) is 12.1 Å². The molecule has 1 heterocycles. The van der Waals surface area contributed by atoms with E-state index in [0.717, 1.165) is 0 Å². The van der Waals surface area contributed by atoms with Gasteiger partial charge in [-0.2, -0.15) is 13.2 Å². The number of halogens is 4. The monoisotopic (exact) mass is 268 g/mol. The van der Waals surface area contributed by atoms with E-state index in [0.29, 0.717) is 10.2 Å². The van der Waals surface area contributed by atoms with Crippen molar-refractivity contribution in [2.75, 3.05) is 5.73 Å². The molecule has 2 N–H and O–H groups in total. The third-order valence-corrected chi connectivity index (χ3v) is 2.31. The molecule has 0 aliphatic carbocycles. The molecule has 14 heavy (non-hydrogen) atoms. The van der Waals surface area contributed by atoms with E-state index in [4.69, 9.17) is 5.73 Å². The minimum absolute atomic E-state index is 0.158. The van der Waals surface area contributed by atoms with Gasteiger partial charge in [-0.15, -0.1) is 0 Å². The van der Waals surface area contributed by atoms with Crippen LogP contribution in [0.25, 0.3) is 0 Å². The summed E-state index contributed by atoms with van der Waals surface area (Å²) in [6.07, 6.45) is -5.21. The van der Waals surface area contributed by atoms with Gasteiger partial charge in [0.1, 0.15) is 5.82 Å². The highest BCUT2D eigenvalue weighted by atomic mass is 79.9. The van der Waals surface area contributed by atoms with Crippen LogP contribution in [0.3, 0.4) is 0 Å². The smallest absolute Gasteiger partial charge is 0.384 e. The van der Waals surface area contributed by atoms with Gasteiger partial charge in [0.05, 0.1) is 5.69 Å². The molecule has 0 saturated heterocycles. The molecular weight excluding hydrogens is 261 g/mol. The van der Waals surface area contributed by atoms with Crippen LogP contribution in [0.5, 0.6) is 0 Å². The zero-order chi connectivity index (χ0) is 10.8. The van der Waals surface area contributed by atoms with Crippen molar-refractivity contribution in [3.8, 4) is 0 Å². The lowest BCUT2D eigenvalue weighted by molar-refractivity contribution is -0.134. The van der Waals surface area contributed by atoms with E-state index in [1.54, 1.807) is 6.07 Å². The molecule has 0 amide bonds. The molecule has 0 radical (unpaired) electrons. The predicted molar refractivity (Wildman–Crippen MR) is 50.7 cm³/mol. The molecule has 0 atom stereocenters. The number of alkyl halides is 3. The minimum Gasteiger partial charge on any atom is -0.384 e. The first-order valence-corrected chi connectivity index (χ1v) is 4.65. The van der Waals surface area contributed by atoms with Crippen molar-refractivity contribution < 1.29 is 13.2 Å². The van der Waals surface area contributed by atoms with Crippen molar-refractivity contribution >= 4 is 21.7 Å². The van der Waals surface area contributed by atoms with Crippen molar-refractivity contribution in [1.82, 2.24) is 4.98 Å². The molecule has 0 bridgehead atoms. The molecule has 0 saturated carbocycles. The Morgan fingerprint density at radius 1 is 1.36 bits per heavy atom. The number of hydrogen-bond donors (Lipinski definition) is 1. The lowest BCUT2D eigenvalue weighted by Gasteiger charge is -2.07. The van der Waals surface area contributed by atoms with Crippen LogP contribution >= 0.6 is 15.9 Å². The van der Waals surface area contributed by atoms with E-state index in [1.807, 2.05) is 0 Å². The van der Waals surface area contributed by atoms with Gasteiger partial charge in [-0.05, 0) is 34.5 Å². The van der Waals surface area contributed by atoms with Crippen LogP contribution in [0.4, 0.5) is 19.0 Å². The fourth-order valence-corrected chi connectivity index (χ4v) is 1.36. The summed E-state index contributed by atoms with van der Waals surface area (Å²) in [6.45, 7) is 0. The van der Waals surface area contributed by atoms with Crippen LogP contribution in [-0.4, -0.2) is 11.2 Å². The quantitative estimate of drug-likeness (QED) is 0.896. The second-order valence-electron chi connectivity index (χ2n) is 2.78. The topological polar surface area (TPSA) is 38.9 Å². The molecule has 0 spiro atoms. The Bertz CT molecular complexity index is 325. The van der Waals surface area contributed by atoms with Crippen molar-refractivity contribution in [2.45, 2.75) is 19.0 Å². The molecule has 0 unspecified atom stereocenters. The summed E-state index contributed by atoms with van der Waals surface area (Å²) in [5.74, 6) is 0.227. The Hall–Kier alpha value is -0.780. The summed E-state index contributed by atoms with van der Waals surface area (Å²) >= 11 is 3.11. The molecule has 0 aliphatic rings.